The summed E-state index contributed by atoms with van der Waals surface area (Å²) in [4.78, 5) is 18.1. The number of carbonyl (C=O) groups excluding carboxylic acids is 1. The van der Waals surface area contributed by atoms with E-state index in [0.717, 1.165) is 31.2 Å². The highest BCUT2D eigenvalue weighted by Crippen LogP contribution is 2.41. The lowest BCUT2D eigenvalue weighted by atomic mass is 9.97. The molecule has 5 nitrogen and oxygen atoms in total. The van der Waals surface area contributed by atoms with E-state index in [0.29, 0.717) is 18.1 Å². The Bertz CT molecular complexity index is 671. The summed E-state index contributed by atoms with van der Waals surface area (Å²) in [7, 11) is 0. The molecule has 1 amide bonds. The average molecular weight is 328 g/mol. The van der Waals surface area contributed by atoms with Crippen LogP contribution in [0.15, 0.2) is 41.6 Å². The Morgan fingerprint density at radius 3 is 2.22 bits per heavy atom. The van der Waals surface area contributed by atoms with Crippen LogP contribution in [-0.2, 0) is 0 Å². The fraction of sp³-hybridized carbons (Fsp3) is 0.471. The number of rotatable bonds is 3. The van der Waals surface area contributed by atoms with Crippen molar-refractivity contribution in [2.45, 2.75) is 48.7 Å². The zero-order chi connectivity index (χ0) is 15.8. The Morgan fingerprint density at radius 1 is 1.04 bits per heavy atom. The Labute approximate surface area is 140 Å². The molecule has 2 saturated heterocycles. The number of aromatic nitrogens is 3. The average Bonchev–Trinajstić information content (AvgIpc) is 3.21. The molecule has 0 aliphatic carbocycles. The van der Waals surface area contributed by atoms with E-state index in [1.54, 1.807) is 24.2 Å². The van der Waals surface area contributed by atoms with Crippen molar-refractivity contribution in [3.8, 4) is 0 Å². The highest BCUT2D eigenvalue weighted by Gasteiger charge is 2.44. The van der Waals surface area contributed by atoms with Crippen molar-refractivity contribution >= 4 is 17.7 Å². The number of amides is 1. The van der Waals surface area contributed by atoms with Crippen LogP contribution in [0.4, 0.5) is 0 Å². The molecule has 2 aliphatic heterocycles. The van der Waals surface area contributed by atoms with Crippen molar-refractivity contribution in [2.75, 3.05) is 6.26 Å². The molecule has 0 N–H and O–H groups in total. The van der Waals surface area contributed by atoms with Gasteiger partial charge < -0.3 is 4.90 Å². The van der Waals surface area contributed by atoms with E-state index in [1.165, 1.54) is 4.90 Å². The zero-order valence-corrected chi connectivity index (χ0v) is 13.9. The van der Waals surface area contributed by atoms with Gasteiger partial charge >= 0.3 is 0 Å². The molecule has 2 fully saturated rings. The normalized spacial score (nSPS) is 26.5. The molecule has 23 heavy (non-hydrogen) atoms. The molecule has 120 valence electrons. The van der Waals surface area contributed by atoms with Gasteiger partial charge in [-0.3, -0.25) is 4.79 Å². The van der Waals surface area contributed by atoms with Crippen molar-refractivity contribution in [1.29, 1.82) is 0 Å². The minimum absolute atomic E-state index is 0.178. The summed E-state index contributed by atoms with van der Waals surface area (Å²) in [6.45, 7) is 0. The van der Waals surface area contributed by atoms with Crippen molar-refractivity contribution in [1.82, 2.24) is 19.9 Å². The van der Waals surface area contributed by atoms with Crippen LogP contribution in [0, 0.1) is 0 Å². The molecule has 0 saturated carbocycles. The molecule has 4 rings (SSSR count). The van der Waals surface area contributed by atoms with E-state index < -0.39 is 0 Å². The summed E-state index contributed by atoms with van der Waals surface area (Å²) < 4.78 is 0. The quantitative estimate of drug-likeness (QED) is 0.813. The predicted molar refractivity (Wildman–Crippen MR) is 89.5 cm³/mol. The second kappa shape index (κ2) is 6.00. The second-order valence-electron chi connectivity index (χ2n) is 6.30. The van der Waals surface area contributed by atoms with Crippen LogP contribution >= 0.6 is 11.8 Å². The molecular weight excluding hydrogens is 308 g/mol. The lowest BCUT2D eigenvalue weighted by Crippen LogP contribution is -2.47. The third-order valence-electron chi connectivity index (χ3n) is 5.04. The van der Waals surface area contributed by atoms with Gasteiger partial charge in [0, 0.05) is 22.5 Å². The Morgan fingerprint density at radius 2 is 1.65 bits per heavy atom. The predicted octanol–water partition coefficient (Wildman–Crippen LogP) is 3.01. The summed E-state index contributed by atoms with van der Waals surface area (Å²) >= 11 is 1.70. The van der Waals surface area contributed by atoms with Crippen LogP contribution in [0.3, 0.4) is 0 Å². The Hall–Kier alpha value is -1.82. The molecule has 1 aromatic heterocycles. The van der Waals surface area contributed by atoms with E-state index >= 15 is 0 Å². The third kappa shape index (κ3) is 2.65. The maximum absolute atomic E-state index is 12.9. The van der Waals surface area contributed by atoms with Gasteiger partial charge in [0.05, 0.1) is 18.4 Å². The highest BCUT2D eigenvalue weighted by atomic mass is 32.2. The largest absolute Gasteiger partial charge is 0.333 e. The number of hydrogen-bond acceptors (Lipinski definition) is 4. The van der Waals surface area contributed by atoms with Crippen LogP contribution in [-0.4, -0.2) is 44.1 Å². The SMILES string of the molecule is CSc1ccc(C(=O)N2C3CCC2CC(n2nccn2)C3)cc1. The maximum Gasteiger partial charge on any atom is 0.254 e. The molecule has 3 heterocycles. The molecule has 2 atom stereocenters. The summed E-state index contributed by atoms with van der Waals surface area (Å²) in [6.07, 6.45) is 9.61. The van der Waals surface area contributed by atoms with Gasteiger partial charge in [-0.25, -0.2) is 0 Å². The third-order valence-corrected chi connectivity index (χ3v) is 5.79. The van der Waals surface area contributed by atoms with E-state index in [9.17, 15) is 4.79 Å². The van der Waals surface area contributed by atoms with Crippen LogP contribution in [0.5, 0.6) is 0 Å². The first-order valence-electron chi connectivity index (χ1n) is 8.09. The van der Waals surface area contributed by atoms with Gasteiger partial charge in [-0.05, 0) is 56.2 Å². The zero-order valence-electron chi connectivity index (χ0n) is 13.1. The van der Waals surface area contributed by atoms with E-state index in [1.807, 2.05) is 35.3 Å². The number of fused-ring (bicyclic) bond motifs is 2. The van der Waals surface area contributed by atoms with E-state index in [4.69, 9.17) is 0 Å². The minimum atomic E-state index is 0.178. The summed E-state index contributed by atoms with van der Waals surface area (Å²) in [5.41, 5.74) is 0.801. The number of carbonyl (C=O) groups is 1. The molecule has 2 unspecified atom stereocenters. The number of hydrogen-bond donors (Lipinski definition) is 0. The molecule has 2 bridgehead atoms. The summed E-state index contributed by atoms with van der Waals surface area (Å²) in [6, 6.07) is 8.92. The lowest BCUT2D eigenvalue weighted by molar-refractivity contribution is 0.0512. The van der Waals surface area contributed by atoms with Crippen LogP contribution in [0.2, 0.25) is 0 Å². The summed E-state index contributed by atoms with van der Waals surface area (Å²) in [5, 5.41) is 8.57. The molecular formula is C17H20N4OS. The summed E-state index contributed by atoms with van der Waals surface area (Å²) in [5.74, 6) is 0.178. The molecule has 2 aromatic rings. The molecule has 6 heteroatoms. The van der Waals surface area contributed by atoms with Gasteiger partial charge in [-0.2, -0.15) is 15.0 Å². The standard InChI is InChI=1S/C17H20N4OS/c1-23-16-6-2-12(3-7-16)17(22)20-13-4-5-14(20)11-15(10-13)21-18-8-9-19-21/h2-3,6-9,13-15H,4-5,10-11H2,1H3. The first kappa shape index (κ1) is 14.8. The number of nitrogens with zero attached hydrogens (tertiary/aromatic N) is 4. The van der Waals surface area contributed by atoms with E-state index in [2.05, 4.69) is 15.1 Å². The van der Waals surface area contributed by atoms with Crippen LogP contribution < -0.4 is 0 Å². The first-order valence-corrected chi connectivity index (χ1v) is 9.31. The van der Waals surface area contributed by atoms with Crippen LogP contribution in [0.1, 0.15) is 42.1 Å². The van der Waals surface area contributed by atoms with Gasteiger partial charge in [-0.1, -0.05) is 0 Å². The Kier molecular flexibility index (Phi) is 3.85. The van der Waals surface area contributed by atoms with Gasteiger partial charge in [0.2, 0.25) is 0 Å². The van der Waals surface area contributed by atoms with Crippen LogP contribution in [0.25, 0.3) is 0 Å². The van der Waals surface area contributed by atoms with E-state index in [-0.39, 0.29) is 5.91 Å². The van der Waals surface area contributed by atoms with Crippen molar-refractivity contribution in [3.05, 3.63) is 42.2 Å². The van der Waals surface area contributed by atoms with Gasteiger partial charge in [-0.15, -0.1) is 11.8 Å². The smallest absolute Gasteiger partial charge is 0.254 e. The van der Waals surface area contributed by atoms with Crippen molar-refractivity contribution in [2.24, 2.45) is 0 Å². The fourth-order valence-corrected chi connectivity index (χ4v) is 4.37. The maximum atomic E-state index is 12.9. The number of piperidine rings is 1. The lowest BCUT2D eigenvalue weighted by Gasteiger charge is -2.38. The number of thioether (sulfide) groups is 1. The minimum Gasteiger partial charge on any atom is -0.333 e. The molecule has 2 aliphatic rings. The van der Waals surface area contributed by atoms with Gasteiger partial charge in [0.15, 0.2) is 0 Å². The molecule has 1 aromatic carbocycles. The Balaban J connectivity index is 1.53. The van der Waals surface area contributed by atoms with Gasteiger partial charge in [0.25, 0.3) is 5.91 Å². The topological polar surface area (TPSA) is 51.0 Å². The van der Waals surface area contributed by atoms with Crippen molar-refractivity contribution in [3.63, 3.8) is 0 Å². The number of benzene rings is 1. The van der Waals surface area contributed by atoms with Crippen molar-refractivity contribution < 1.29 is 4.79 Å². The second-order valence-corrected chi connectivity index (χ2v) is 7.18. The van der Waals surface area contributed by atoms with Gasteiger partial charge in [0.1, 0.15) is 0 Å². The highest BCUT2D eigenvalue weighted by molar-refractivity contribution is 7.98. The monoisotopic (exact) mass is 328 g/mol. The molecule has 0 radical (unpaired) electrons. The fourth-order valence-electron chi connectivity index (χ4n) is 3.97. The molecule has 0 spiro atoms. The first-order chi connectivity index (χ1) is 11.3.